The van der Waals surface area contributed by atoms with Crippen molar-refractivity contribution in [2.24, 2.45) is 0 Å². The molecule has 2 aliphatic rings. The van der Waals surface area contributed by atoms with Crippen LogP contribution in [0.5, 0.6) is 0 Å². The minimum Gasteiger partial charge on any atom is -0.387 e. The van der Waals surface area contributed by atoms with Crippen molar-refractivity contribution in [3.8, 4) is 0 Å². The van der Waals surface area contributed by atoms with Crippen molar-refractivity contribution in [3.63, 3.8) is 0 Å². The monoisotopic (exact) mass is 380 g/mol. The van der Waals surface area contributed by atoms with Crippen molar-refractivity contribution in [1.82, 2.24) is 5.32 Å². The number of rotatable bonds is 4. The molecule has 0 fully saturated rings. The predicted octanol–water partition coefficient (Wildman–Crippen LogP) is -1.40. The van der Waals surface area contributed by atoms with E-state index in [1.54, 1.807) is 18.2 Å². The Balaban J connectivity index is 2.11. The normalized spacial score (nSPS) is 25.5. The molecule has 138 valence electrons. The smallest absolute Gasteiger partial charge is 0.294 e. The molecule has 2 aliphatic carbocycles. The summed E-state index contributed by atoms with van der Waals surface area (Å²) in [5.74, 6) is 0. The van der Waals surface area contributed by atoms with Gasteiger partial charge in [0.15, 0.2) is 6.10 Å². The van der Waals surface area contributed by atoms with Gasteiger partial charge in [0, 0.05) is 16.2 Å². The van der Waals surface area contributed by atoms with Crippen LogP contribution in [0.1, 0.15) is 6.42 Å². The van der Waals surface area contributed by atoms with Crippen LogP contribution in [-0.4, -0.2) is 46.4 Å². The second-order valence-electron chi connectivity index (χ2n) is 5.95. The van der Waals surface area contributed by atoms with Crippen LogP contribution in [0, 0.1) is 10.1 Å². The van der Waals surface area contributed by atoms with E-state index >= 15 is 0 Å². The Kier molecular flexibility index (Phi) is 4.67. The summed E-state index contributed by atoms with van der Waals surface area (Å²) in [4.78, 5) is 9.60. The minimum atomic E-state index is -4.71. The van der Waals surface area contributed by atoms with Gasteiger partial charge in [0.05, 0.1) is 22.4 Å². The first-order valence-electron chi connectivity index (χ1n) is 7.65. The summed E-state index contributed by atoms with van der Waals surface area (Å²) in [7, 11) is -4.71. The molecule has 4 N–H and O–H groups in total. The van der Waals surface area contributed by atoms with E-state index in [0.29, 0.717) is 11.3 Å². The summed E-state index contributed by atoms with van der Waals surface area (Å²) < 4.78 is 32.0. The van der Waals surface area contributed by atoms with Crippen molar-refractivity contribution in [2.45, 2.75) is 24.7 Å². The zero-order valence-electron chi connectivity index (χ0n) is 13.3. The second kappa shape index (κ2) is 6.65. The van der Waals surface area contributed by atoms with Crippen LogP contribution in [-0.2, 0) is 10.1 Å². The number of hydrogen-bond acceptors (Lipinski definition) is 7. The Morgan fingerprint density at radius 3 is 2.58 bits per heavy atom. The van der Waals surface area contributed by atoms with Crippen LogP contribution in [0.4, 0.5) is 0 Å². The zero-order chi connectivity index (χ0) is 19.1. The van der Waals surface area contributed by atoms with Gasteiger partial charge in [-0.3, -0.25) is 14.7 Å². The lowest BCUT2D eigenvalue weighted by Crippen LogP contribution is -2.45. The summed E-state index contributed by atoms with van der Waals surface area (Å²) >= 11 is 0. The molecule has 9 nitrogen and oxygen atoms in total. The molecule has 0 aromatic heterocycles. The van der Waals surface area contributed by atoms with E-state index in [2.05, 4.69) is 5.32 Å². The van der Waals surface area contributed by atoms with E-state index in [1.165, 1.54) is 0 Å². The van der Waals surface area contributed by atoms with Gasteiger partial charge < -0.3 is 15.5 Å². The second-order valence-corrected chi connectivity index (χ2v) is 7.37. The van der Waals surface area contributed by atoms with Crippen LogP contribution in [0.15, 0.2) is 47.0 Å². The van der Waals surface area contributed by atoms with Crippen LogP contribution in [0.25, 0.3) is 11.8 Å². The SMILES string of the molecule is O=[N+]([O-])C1C=C(S(=O)(=O)O)C=C(NC2=c3ccccc3=CCC2O)C1O. The predicted molar refractivity (Wildman–Crippen MR) is 91.8 cm³/mol. The van der Waals surface area contributed by atoms with E-state index in [9.17, 15) is 33.3 Å². The van der Waals surface area contributed by atoms with E-state index in [0.717, 1.165) is 11.3 Å². The third kappa shape index (κ3) is 3.40. The van der Waals surface area contributed by atoms with Crippen molar-refractivity contribution in [3.05, 3.63) is 67.6 Å². The molecule has 26 heavy (non-hydrogen) atoms. The summed E-state index contributed by atoms with van der Waals surface area (Å²) in [6, 6.07) is 5.32. The van der Waals surface area contributed by atoms with Gasteiger partial charge in [0.25, 0.3) is 16.2 Å². The fourth-order valence-electron chi connectivity index (χ4n) is 2.94. The molecule has 0 saturated heterocycles. The molecule has 10 heteroatoms. The van der Waals surface area contributed by atoms with Gasteiger partial charge in [-0.25, -0.2) is 0 Å². The van der Waals surface area contributed by atoms with Gasteiger partial charge in [-0.05, 0) is 17.7 Å². The summed E-state index contributed by atoms with van der Waals surface area (Å²) in [6.07, 6.45) is 1.05. The number of fused-ring (bicyclic) bond motifs is 1. The Labute approximate surface area is 148 Å². The van der Waals surface area contributed by atoms with Crippen LogP contribution < -0.4 is 15.8 Å². The summed E-state index contributed by atoms with van der Waals surface area (Å²) in [5, 5.41) is 35.9. The summed E-state index contributed by atoms with van der Waals surface area (Å²) in [5.41, 5.74) is 0.0830. The number of nitrogens with zero attached hydrogens (tertiary/aromatic N) is 1. The van der Waals surface area contributed by atoms with Crippen LogP contribution in [0.3, 0.4) is 0 Å². The first kappa shape index (κ1) is 18.3. The molecule has 0 heterocycles. The Bertz CT molecular complexity index is 1040. The molecule has 0 spiro atoms. The highest BCUT2D eigenvalue weighted by atomic mass is 32.2. The Hall–Kier alpha value is -2.53. The minimum absolute atomic E-state index is 0.201. The van der Waals surface area contributed by atoms with Crippen molar-refractivity contribution >= 4 is 21.9 Å². The number of nitro groups is 1. The lowest BCUT2D eigenvalue weighted by Gasteiger charge is -2.26. The Morgan fingerprint density at radius 1 is 1.23 bits per heavy atom. The maximum Gasteiger partial charge on any atom is 0.294 e. The Morgan fingerprint density at radius 2 is 1.92 bits per heavy atom. The third-order valence-corrected chi connectivity index (χ3v) is 5.09. The van der Waals surface area contributed by atoms with Crippen molar-refractivity contribution in [2.75, 3.05) is 0 Å². The number of aliphatic hydroxyl groups excluding tert-OH is 2. The molecule has 3 atom stereocenters. The molecule has 0 saturated carbocycles. The van der Waals surface area contributed by atoms with Gasteiger partial charge in [0.1, 0.15) is 0 Å². The lowest BCUT2D eigenvalue weighted by atomic mass is 9.99. The average molecular weight is 380 g/mol. The fourth-order valence-corrected chi connectivity index (χ4v) is 3.53. The molecule has 1 aromatic rings. The van der Waals surface area contributed by atoms with Gasteiger partial charge in [0.2, 0.25) is 0 Å². The molecular formula is C16H16N2O7S. The van der Waals surface area contributed by atoms with Crippen molar-refractivity contribution < 1.29 is 28.1 Å². The highest BCUT2D eigenvalue weighted by molar-refractivity contribution is 7.90. The molecule has 3 unspecified atom stereocenters. The van der Waals surface area contributed by atoms with Gasteiger partial charge in [-0.1, -0.05) is 30.3 Å². The van der Waals surface area contributed by atoms with Crippen molar-refractivity contribution in [1.29, 1.82) is 0 Å². The van der Waals surface area contributed by atoms with E-state index in [4.69, 9.17) is 0 Å². The fraction of sp³-hybridized carbons (Fsp3) is 0.250. The molecular weight excluding hydrogens is 364 g/mol. The zero-order valence-corrected chi connectivity index (χ0v) is 14.1. The molecule has 0 amide bonds. The number of allylic oxidation sites excluding steroid dienone is 1. The molecule has 1 aromatic carbocycles. The number of aliphatic hydroxyl groups is 2. The first-order chi connectivity index (χ1) is 12.2. The third-order valence-electron chi connectivity index (χ3n) is 4.24. The average Bonchev–Trinajstić information content (AvgIpc) is 2.57. The first-order valence-corrected chi connectivity index (χ1v) is 9.09. The van der Waals surface area contributed by atoms with E-state index in [-0.39, 0.29) is 17.8 Å². The standard InChI is InChI=1S/C16H16N2O7S/c19-14-6-5-9-3-1-2-4-11(9)15(14)17-12-7-10(26(23,24)25)8-13(16(12)20)18(21)22/h1-5,7-8,13-14,16-17,19-20H,6H2,(H,23,24,25). The van der Waals surface area contributed by atoms with Gasteiger partial charge >= 0.3 is 0 Å². The molecule has 3 rings (SSSR count). The quantitative estimate of drug-likeness (QED) is 0.283. The topological polar surface area (TPSA) is 150 Å². The van der Waals surface area contributed by atoms with Crippen LogP contribution in [0.2, 0.25) is 0 Å². The molecule has 0 aliphatic heterocycles. The summed E-state index contributed by atoms with van der Waals surface area (Å²) in [6.45, 7) is 0. The lowest BCUT2D eigenvalue weighted by molar-refractivity contribution is -0.519. The van der Waals surface area contributed by atoms with Crippen LogP contribution >= 0.6 is 0 Å². The number of hydrogen-bond donors (Lipinski definition) is 4. The maximum atomic E-state index is 11.4. The number of benzene rings is 1. The molecule has 0 radical (unpaired) electrons. The maximum absolute atomic E-state index is 11.4. The van der Waals surface area contributed by atoms with Gasteiger partial charge in [-0.15, -0.1) is 0 Å². The van der Waals surface area contributed by atoms with E-state index in [1.807, 2.05) is 12.1 Å². The van der Waals surface area contributed by atoms with E-state index < -0.39 is 38.2 Å². The highest BCUT2D eigenvalue weighted by Gasteiger charge is 2.37. The number of nitrogens with one attached hydrogen (secondary N) is 1. The highest BCUT2D eigenvalue weighted by Crippen LogP contribution is 2.23. The van der Waals surface area contributed by atoms with Gasteiger partial charge in [-0.2, -0.15) is 8.42 Å². The molecule has 0 bridgehead atoms. The largest absolute Gasteiger partial charge is 0.387 e.